The molecule has 100 valence electrons. The molecule has 0 aromatic heterocycles. The van der Waals surface area contributed by atoms with Gasteiger partial charge in [-0.2, -0.15) is 11.8 Å². The highest BCUT2D eigenvalue weighted by atomic mass is 35.5. The fraction of sp³-hybridized carbons (Fsp3) is 0.571. The maximum Gasteiger partial charge on any atom is 0.0642 e. The lowest BCUT2D eigenvalue weighted by atomic mass is 10.1. The van der Waals surface area contributed by atoms with Gasteiger partial charge in [-0.3, -0.25) is 0 Å². The molecule has 2 atom stereocenters. The van der Waals surface area contributed by atoms with Gasteiger partial charge < -0.3 is 10.2 Å². The van der Waals surface area contributed by atoms with Crippen LogP contribution >= 0.6 is 23.4 Å². The quantitative estimate of drug-likeness (QED) is 0.910. The van der Waals surface area contributed by atoms with Gasteiger partial charge in [0.15, 0.2) is 0 Å². The second-order valence-corrected chi connectivity index (χ2v) is 6.41. The molecule has 1 fully saturated rings. The first-order valence-corrected chi connectivity index (χ1v) is 7.94. The lowest BCUT2D eigenvalue weighted by Gasteiger charge is -2.27. The molecule has 0 bridgehead atoms. The van der Waals surface area contributed by atoms with E-state index in [0.29, 0.717) is 12.1 Å². The maximum atomic E-state index is 6.43. The normalized spacial score (nSPS) is 21.0. The molecule has 1 saturated heterocycles. The van der Waals surface area contributed by atoms with E-state index in [1.54, 1.807) is 0 Å². The summed E-state index contributed by atoms with van der Waals surface area (Å²) in [7, 11) is 4.12. The van der Waals surface area contributed by atoms with Crippen LogP contribution in [0.5, 0.6) is 0 Å². The van der Waals surface area contributed by atoms with E-state index >= 15 is 0 Å². The van der Waals surface area contributed by atoms with Crippen molar-refractivity contribution >= 4 is 29.1 Å². The maximum absolute atomic E-state index is 6.43. The molecule has 0 saturated carbocycles. The molecule has 1 heterocycles. The number of benzene rings is 1. The summed E-state index contributed by atoms with van der Waals surface area (Å²) in [6.45, 7) is 2.14. The third kappa shape index (κ3) is 2.95. The summed E-state index contributed by atoms with van der Waals surface area (Å²) >= 11 is 8.46. The van der Waals surface area contributed by atoms with Crippen LogP contribution in [0.1, 0.15) is 24.9 Å². The molecule has 1 aromatic rings. The monoisotopic (exact) mass is 284 g/mol. The van der Waals surface area contributed by atoms with Crippen molar-refractivity contribution in [2.24, 2.45) is 0 Å². The van der Waals surface area contributed by atoms with Crippen LogP contribution in [-0.2, 0) is 0 Å². The molecule has 2 rings (SSSR count). The van der Waals surface area contributed by atoms with Crippen LogP contribution < -0.4 is 10.2 Å². The van der Waals surface area contributed by atoms with E-state index in [0.717, 1.165) is 10.7 Å². The minimum absolute atomic E-state index is 0.337. The van der Waals surface area contributed by atoms with Crippen LogP contribution in [0.4, 0.5) is 5.69 Å². The number of halogens is 1. The molecule has 0 aliphatic carbocycles. The highest BCUT2D eigenvalue weighted by Crippen LogP contribution is 2.32. The fourth-order valence-electron chi connectivity index (χ4n) is 2.27. The Labute approximate surface area is 119 Å². The summed E-state index contributed by atoms with van der Waals surface area (Å²) in [6, 6.07) is 7.36. The molecule has 1 N–H and O–H groups in total. The fourth-order valence-corrected chi connectivity index (χ4v) is 3.86. The van der Waals surface area contributed by atoms with Crippen LogP contribution in [0.25, 0.3) is 0 Å². The minimum atomic E-state index is 0.337. The standard InChI is InChI=1S/C14H21ClN2S/c1-10(16-2)11-4-5-14(13(15)8-11)17(3)12-6-7-18-9-12/h4-5,8,10,12,16H,6-7,9H2,1-3H3. The Bertz CT molecular complexity index is 405. The Morgan fingerprint density at radius 3 is 2.83 bits per heavy atom. The summed E-state index contributed by atoms with van der Waals surface area (Å²) in [4.78, 5) is 2.33. The van der Waals surface area contributed by atoms with Gasteiger partial charge in [-0.15, -0.1) is 0 Å². The average Bonchev–Trinajstić information content (AvgIpc) is 2.90. The molecule has 1 aromatic carbocycles. The molecule has 1 aliphatic heterocycles. The first kappa shape index (κ1) is 14.0. The smallest absolute Gasteiger partial charge is 0.0642 e. The molecule has 0 radical (unpaired) electrons. The number of anilines is 1. The predicted octanol–water partition coefficient (Wildman–Crippen LogP) is 3.56. The first-order valence-electron chi connectivity index (χ1n) is 6.40. The third-order valence-electron chi connectivity index (χ3n) is 3.74. The Balaban J connectivity index is 2.18. The van der Waals surface area contributed by atoms with Crippen molar-refractivity contribution < 1.29 is 0 Å². The van der Waals surface area contributed by atoms with Crippen molar-refractivity contribution in [2.75, 3.05) is 30.5 Å². The lowest BCUT2D eigenvalue weighted by molar-refractivity contribution is 0.651. The summed E-state index contributed by atoms with van der Waals surface area (Å²) in [5, 5.41) is 4.09. The third-order valence-corrected chi connectivity index (χ3v) is 5.19. The SMILES string of the molecule is CNC(C)c1ccc(N(C)C2CCSC2)c(Cl)c1. The van der Waals surface area contributed by atoms with E-state index in [9.17, 15) is 0 Å². The highest BCUT2D eigenvalue weighted by Gasteiger charge is 2.22. The van der Waals surface area contributed by atoms with Crippen LogP contribution in [0.2, 0.25) is 5.02 Å². The van der Waals surface area contributed by atoms with Crippen molar-refractivity contribution in [3.05, 3.63) is 28.8 Å². The van der Waals surface area contributed by atoms with Gasteiger partial charge in [-0.1, -0.05) is 17.7 Å². The molecular weight excluding hydrogens is 264 g/mol. The number of thioether (sulfide) groups is 1. The number of hydrogen-bond donors (Lipinski definition) is 1. The molecule has 1 aliphatic rings. The highest BCUT2D eigenvalue weighted by molar-refractivity contribution is 7.99. The lowest BCUT2D eigenvalue weighted by Crippen LogP contribution is -2.31. The Morgan fingerprint density at radius 1 is 1.50 bits per heavy atom. The Morgan fingerprint density at radius 2 is 2.28 bits per heavy atom. The largest absolute Gasteiger partial charge is 0.370 e. The molecule has 18 heavy (non-hydrogen) atoms. The van der Waals surface area contributed by atoms with E-state index < -0.39 is 0 Å². The van der Waals surface area contributed by atoms with Crippen LogP contribution in [-0.4, -0.2) is 31.6 Å². The van der Waals surface area contributed by atoms with Gasteiger partial charge in [0.1, 0.15) is 0 Å². The van der Waals surface area contributed by atoms with Gasteiger partial charge in [0.2, 0.25) is 0 Å². The molecular formula is C14H21ClN2S. The minimum Gasteiger partial charge on any atom is -0.370 e. The number of hydrogen-bond acceptors (Lipinski definition) is 3. The van der Waals surface area contributed by atoms with E-state index in [4.69, 9.17) is 11.6 Å². The Kier molecular flexibility index (Phi) is 4.82. The van der Waals surface area contributed by atoms with Gasteiger partial charge >= 0.3 is 0 Å². The molecule has 2 nitrogen and oxygen atoms in total. The van der Waals surface area contributed by atoms with Gasteiger partial charge in [0.05, 0.1) is 10.7 Å². The van der Waals surface area contributed by atoms with Crippen LogP contribution in [0.3, 0.4) is 0 Å². The summed E-state index contributed by atoms with van der Waals surface area (Å²) in [6.07, 6.45) is 1.26. The van der Waals surface area contributed by atoms with Gasteiger partial charge in [0.25, 0.3) is 0 Å². The van der Waals surface area contributed by atoms with E-state index in [2.05, 4.69) is 42.4 Å². The molecule has 2 unspecified atom stereocenters. The van der Waals surface area contributed by atoms with Crippen molar-refractivity contribution in [3.63, 3.8) is 0 Å². The number of nitrogens with one attached hydrogen (secondary N) is 1. The second-order valence-electron chi connectivity index (χ2n) is 4.85. The molecule has 0 amide bonds. The van der Waals surface area contributed by atoms with E-state index in [1.165, 1.54) is 23.5 Å². The van der Waals surface area contributed by atoms with Crippen molar-refractivity contribution in [2.45, 2.75) is 25.4 Å². The molecule has 0 spiro atoms. The van der Waals surface area contributed by atoms with Crippen molar-refractivity contribution in [1.82, 2.24) is 5.32 Å². The van der Waals surface area contributed by atoms with Gasteiger partial charge in [0, 0.05) is 24.9 Å². The zero-order valence-electron chi connectivity index (χ0n) is 11.2. The topological polar surface area (TPSA) is 15.3 Å². The van der Waals surface area contributed by atoms with E-state index in [-0.39, 0.29) is 0 Å². The summed E-state index contributed by atoms with van der Waals surface area (Å²) in [5.74, 6) is 2.48. The number of nitrogens with zero attached hydrogens (tertiary/aromatic N) is 1. The predicted molar refractivity (Wildman–Crippen MR) is 83.1 cm³/mol. The Hall–Kier alpha value is -0.380. The second kappa shape index (κ2) is 6.18. The zero-order valence-corrected chi connectivity index (χ0v) is 12.8. The van der Waals surface area contributed by atoms with Crippen molar-refractivity contribution in [3.8, 4) is 0 Å². The van der Waals surface area contributed by atoms with E-state index in [1.807, 2.05) is 18.8 Å². The van der Waals surface area contributed by atoms with Crippen LogP contribution in [0, 0.1) is 0 Å². The first-order chi connectivity index (χ1) is 8.63. The average molecular weight is 285 g/mol. The molecule has 4 heteroatoms. The summed E-state index contributed by atoms with van der Waals surface area (Å²) < 4.78 is 0. The van der Waals surface area contributed by atoms with Gasteiger partial charge in [-0.25, -0.2) is 0 Å². The number of rotatable bonds is 4. The van der Waals surface area contributed by atoms with Gasteiger partial charge in [-0.05, 0) is 43.8 Å². The zero-order chi connectivity index (χ0) is 13.1. The van der Waals surface area contributed by atoms with Crippen molar-refractivity contribution in [1.29, 1.82) is 0 Å². The van der Waals surface area contributed by atoms with Crippen LogP contribution in [0.15, 0.2) is 18.2 Å². The summed E-state index contributed by atoms with van der Waals surface area (Å²) in [5.41, 5.74) is 2.39.